The van der Waals surface area contributed by atoms with Crippen molar-refractivity contribution in [2.75, 3.05) is 7.05 Å². The van der Waals surface area contributed by atoms with Gasteiger partial charge in [-0.2, -0.15) is 0 Å². The van der Waals surface area contributed by atoms with Crippen LogP contribution >= 0.6 is 0 Å². The fraction of sp³-hybridized carbons (Fsp3) is 0.136. The molecule has 1 unspecified atom stereocenters. The zero-order valence-electron chi connectivity index (χ0n) is 14.6. The van der Waals surface area contributed by atoms with Gasteiger partial charge in [0.1, 0.15) is 5.82 Å². The van der Waals surface area contributed by atoms with E-state index in [1.54, 1.807) is 12.1 Å². The van der Waals surface area contributed by atoms with Gasteiger partial charge in [-0.15, -0.1) is 0 Å². The third kappa shape index (κ3) is 4.16. The van der Waals surface area contributed by atoms with Gasteiger partial charge in [0.2, 0.25) is 5.91 Å². The number of amides is 1. The van der Waals surface area contributed by atoms with Crippen molar-refractivity contribution >= 4 is 5.91 Å². The second-order valence-corrected chi connectivity index (χ2v) is 6.34. The van der Waals surface area contributed by atoms with Crippen LogP contribution in [0, 0.1) is 5.82 Å². The van der Waals surface area contributed by atoms with Gasteiger partial charge >= 0.3 is 0 Å². The molecule has 3 nitrogen and oxygen atoms in total. The van der Waals surface area contributed by atoms with Gasteiger partial charge < -0.3 is 5.73 Å². The van der Waals surface area contributed by atoms with E-state index < -0.39 is 5.91 Å². The van der Waals surface area contributed by atoms with Crippen molar-refractivity contribution in [1.82, 2.24) is 4.90 Å². The average molecular weight is 348 g/mol. The molecule has 0 spiro atoms. The maximum atomic E-state index is 13.4. The number of primary amides is 1. The summed E-state index contributed by atoms with van der Waals surface area (Å²) in [6.07, 6.45) is 0. The average Bonchev–Trinajstić information content (AvgIpc) is 2.65. The first-order valence-electron chi connectivity index (χ1n) is 8.44. The fourth-order valence-corrected chi connectivity index (χ4v) is 3.14. The summed E-state index contributed by atoms with van der Waals surface area (Å²) in [7, 11) is 2.03. The molecule has 0 aliphatic rings. The molecule has 132 valence electrons. The molecule has 0 saturated carbocycles. The van der Waals surface area contributed by atoms with Crippen molar-refractivity contribution in [3.8, 4) is 0 Å². The van der Waals surface area contributed by atoms with Crippen LogP contribution in [0.25, 0.3) is 0 Å². The molecular weight excluding hydrogens is 327 g/mol. The highest BCUT2D eigenvalue weighted by molar-refractivity contribution is 5.92. The molecule has 1 amide bonds. The van der Waals surface area contributed by atoms with E-state index >= 15 is 0 Å². The van der Waals surface area contributed by atoms with Crippen LogP contribution < -0.4 is 5.73 Å². The summed E-state index contributed by atoms with van der Waals surface area (Å²) in [5, 5.41) is 0. The first-order chi connectivity index (χ1) is 12.5. The molecular formula is C22H21FN2O. The molecule has 3 aromatic rings. The van der Waals surface area contributed by atoms with Gasteiger partial charge in [-0.05, 0) is 48.0 Å². The number of rotatable bonds is 6. The Morgan fingerprint density at radius 1 is 0.923 bits per heavy atom. The van der Waals surface area contributed by atoms with Crippen LogP contribution in [-0.2, 0) is 6.54 Å². The second-order valence-electron chi connectivity index (χ2n) is 6.34. The van der Waals surface area contributed by atoms with E-state index in [9.17, 15) is 9.18 Å². The van der Waals surface area contributed by atoms with E-state index in [0.717, 1.165) is 16.7 Å². The summed E-state index contributed by atoms with van der Waals surface area (Å²) in [5.74, 6) is -0.677. The Morgan fingerprint density at radius 3 is 2.08 bits per heavy atom. The van der Waals surface area contributed by atoms with Gasteiger partial charge in [0.05, 0.1) is 6.04 Å². The minimum Gasteiger partial charge on any atom is -0.366 e. The zero-order chi connectivity index (χ0) is 18.5. The van der Waals surface area contributed by atoms with Crippen molar-refractivity contribution in [3.63, 3.8) is 0 Å². The molecule has 2 N–H and O–H groups in total. The molecule has 0 heterocycles. The van der Waals surface area contributed by atoms with Crippen LogP contribution in [-0.4, -0.2) is 17.9 Å². The molecule has 0 radical (unpaired) electrons. The third-order valence-electron chi connectivity index (χ3n) is 4.41. The van der Waals surface area contributed by atoms with E-state index in [1.165, 1.54) is 12.1 Å². The SMILES string of the molecule is CN(Cc1ccc(C(N)=O)cc1)C(c1ccccc1)c1ccc(F)cc1. The molecule has 0 aliphatic carbocycles. The van der Waals surface area contributed by atoms with E-state index in [2.05, 4.69) is 17.0 Å². The minimum absolute atomic E-state index is 0.00684. The maximum absolute atomic E-state index is 13.4. The predicted molar refractivity (Wildman–Crippen MR) is 101 cm³/mol. The van der Waals surface area contributed by atoms with Gasteiger partial charge in [-0.1, -0.05) is 54.6 Å². The standard InChI is InChI=1S/C22H21FN2O/c1-25(15-16-7-9-19(10-8-16)22(24)26)21(17-5-3-2-4-6-17)18-11-13-20(23)14-12-18/h2-14,21H,15H2,1H3,(H2,24,26). The molecule has 0 aromatic heterocycles. The summed E-state index contributed by atoms with van der Waals surface area (Å²) >= 11 is 0. The van der Waals surface area contributed by atoms with Gasteiger partial charge in [0, 0.05) is 12.1 Å². The Bertz CT molecular complexity index is 861. The predicted octanol–water partition coefficient (Wildman–Crippen LogP) is 4.15. The van der Waals surface area contributed by atoms with Crippen LogP contribution in [0.5, 0.6) is 0 Å². The Hall–Kier alpha value is -2.98. The largest absolute Gasteiger partial charge is 0.366 e. The topological polar surface area (TPSA) is 46.3 Å². The first-order valence-corrected chi connectivity index (χ1v) is 8.44. The van der Waals surface area contributed by atoms with Gasteiger partial charge in [0.15, 0.2) is 0 Å². The summed E-state index contributed by atoms with van der Waals surface area (Å²) in [5.41, 5.74) is 9.02. The monoisotopic (exact) mass is 348 g/mol. The molecule has 3 rings (SSSR count). The number of carbonyl (C=O) groups is 1. The maximum Gasteiger partial charge on any atom is 0.248 e. The van der Waals surface area contributed by atoms with Crippen LogP contribution in [0.3, 0.4) is 0 Å². The second kappa shape index (κ2) is 7.93. The highest BCUT2D eigenvalue weighted by Gasteiger charge is 2.19. The molecule has 3 aromatic carbocycles. The lowest BCUT2D eigenvalue weighted by Crippen LogP contribution is -2.25. The van der Waals surface area contributed by atoms with Crippen molar-refractivity contribution < 1.29 is 9.18 Å². The lowest BCUT2D eigenvalue weighted by atomic mass is 9.97. The van der Waals surface area contributed by atoms with Crippen LogP contribution in [0.4, 0.5) is 4.39 Å². The lowest BCUT2D eigenvalue weighted by Gasteiger charge is -2.29. The molecule has 0 aliphatic heterocycles. The van der Waals surface area contributed by atoms with Crippen molar-refractivity contribution in [2.45, 2.75) is 12.6 Å². The summed E-state index contributed by atoms with van der Waals surface area (Å²) in [4.78, 5) is 13.4. The Balaban J connectivity index is 1.88. The van der Waals surface area contributed by atoms with E-state index in [-0.39, 0.29) is 11.9 Å². The number of nitrogens with two attached hydrogens (primary N) is 1. The van der Waals surface area contributed by atoms with Gasteiger partial charge in [-0.3, -0.25) is 9.69 Å². The number of halogens is 1. The molecule has 0 saturated heterocycles. The minimum atomic E-state index is -0.432. The van der Waals surface area contributed by atoms with E-state index in [0.29, 0.717) is 12.1 Å². The Labute approximate surface area is 152 Å². The summed E-state index contributed by atoms with van der Waals surface area (Å²) in [6, 6.07) is 24.0. The van der Waals surface area contributed by atoms with Gasteiger partial charge in [-0.25, -0.2) is 4.39 Å². The third-order valence-corrected chi connectivity index (χ3v) is 4.41. The number of carbonyl (C=O) groups excluding carboxylic acids is 1. The molecule has 0 bridgehead atoms. The quantitative estimate of drug-likeness (QED) is 0.727. The number of hydrogen-bond acceptors (Lipinski definition) is 2. The number of hydrogen-bond donors (Lipinski definition) is 1. The highest BCUT2D eigenvalue weighted by atomic mass is 19.1. The van der Waals surface area contributed by atoms with E-state index in [1.807, 2.05) is 49.5 Å². The normalized spacial score (nSPS) is 12.1. The Morgan fingerprint density at radius 2 is 1.50 bits per heavy atom. The molecule has 4 heteroatoms. The highest BCUT2D eigenvalue weighted by Crippen LogP contribution is 2.29. The van der Waals surface area contributed by atoms with Crippen LogP contribution in [0.15, 0.2) is 78.9 Å². The van der Waals surface area contributed by atoms with Crippen molar-refractivity contribution in [3.05, 3.63) is 107 Å². The number of nitrogens with zero attached hydrogens (tertiary/aromatic N) is 1. The Kier molecular flexibility index (Phi) is 5.44. The molecule has 0 fully saturated rings. The fourth-order valence-electron chi connectivity index (χ4n) is 3.14. The van der Waals surface area contributed by atoms with Crippen molar-refractivity contribution in [2.24, 2.45) is 5.73 Å². The molecule has 1 atom stereocenters. The molecule has 26 heavy (non-hydrogen) atoms. The van der Waals surface area contributed by atoms with Crippen molar-refractivity contribution in [1.29, 1.82) is 0 Å². The summed E-state index contributed by atoms with van der Waals surface area (Å²) < 4.78 is 13.4. The van der Waals surface area contributed by atoms with Crippen LogP contribution in [0.2, 0.25) is 0 Å². The van der Waals surface area contributed by atoms with Gasteiger partial charge in [0.25, 0.3) is 0 Å². The lowest BCUT2D eigenvalue weighted by molar-refractivity contribution is 0.100. The smallest absolute Gasteiger partial charge is 0.248 e. The van der Waals surface area contributed by atoms with Crippen LogP contribution in [0.1, 0.15) is 33.1 Å². The first kappa shape index (κ1) is 17.8. The van der Waals surface area contributed by atoms with E-state index in [4.69, 9.17) is 5.73 Å². The summed E-state index contributed by atoms with van der Waals surface area (Å²) in [6.45, 7) is 0.677. The number of benzene rings is 3. The zero-order valence-corrected chi connectivity index (χ0v) is 14.6.